The van der Waals surface area contributed by atoms with Gasteiger partial charge >= 0.3 is 0 Å². The molecular formula is C8H17N3O3. The van der Waals surface area contributed by atoms with Crippen LogP contribution in [0.3, 0.4) is 0 Å². The average molecular weight is 203 g/mol. The van der Waals surface area contributed by atoms with Gasteiger partial charge in [0, 0.05) is 0 Å². The van der Waals surface area contributed by atoms with Gasteiger partial charge in [0.05, 0.1) is 23.5 Å². The van der Waals surface area contributed by atoms with E-state index in [0.717, 1.165) is 5.06 Å². The first kappa shape index (κ1) is 12.9. The van der Waals surface area contributed by atoms with E-state index < -0.39 is 12.1 Å². The van der Waals surface area contributed by atoms with Crippen LogP contribution in [-0.4, -0.2) is 44.2 Å². The smallest absolute Gasteiger partial charge is 0.0741 e. The summed E-state index contributed by atoms with van der Waals surface area (Å²) < 4.78 is 0. The van der Waals surface area contributed by atoms with Gasteiger partial charge in [0.1, 0.15) is 0 Å². The SMILES string of the molecule is CC(=NO)[C@@H](C)N(O)[C@H](C)C(C)=NO. The molecule has 0 bridgehead atoms. The van der Waals surface area contributed by atoms with E-state index in [1.807, 2.05) is 0 Å². The van der Waals surface area contributed by atoms with Gasteiger partial charge in [0.25, 0.3) is 0 Å². The Morgan fingerprint density at radius 3 is 1.50 bits per heavy atom. The first-order valence-electron chi connectivity index (χ1n) is 4.30. The zero-order chi connectivity index (χ0) is 11.3. The predicted octanol–water partition coefficient (Wildman–Crippen LogP) is 1.15. The molecule has 0 aliphatic heterocycles. The van der Waals surface area contributed by atoms with Crippen molar-refractivity contribution in [2.24, 2.45) is 10.3 Å². The van der Waals surface area contributed by atoms with Gasteiger partial charge in [-0.05, 0) is 27.7 Å². The van der Waals surface area contributed by atoms with E-state index in [4.69, 9.17) is 10.4 Å². The Balaban J connectivity index is 4.54. The zero-order valence-corrected chi connectivity index (χ0v) is 8.84. The molecule has 0 aromatic carbocycles. The molecule has 0 rings (SSSR count). The zero-order valence-electron chi connectivity index (χ0n) is 8.84. The minimum atomic E-state index is -0.438. The molecule has 0 saturated carbocycles. The summed E-state index contributed by atoms with van der Waals surface area (Å²) in [5.41, 5.74) is 0.759. The van der Waals surface area contributed by atoms with E-state index in [1.165, 1.54) is 0 Å². The summed E-state index contributed by atoms with van der Waals surface area (Å²) in [7, 11) is 0. The number of hydroxylamine groups is 2. The Bertz CT molecular complexity index is 216. The van der Waals surface area contributed by atoms with Crippen molar-refractivity contribution < 1.29 is 15.6 Å². The van der Waals surface area contributed by atoms with Crippen molar-refractivity contribution in [3.8, 4) is 0 Å². The van der Waals surface area contributed by atoms with Crippen molar-refractivity contribution in [2.45, 2.75) is 39.8 Å². The molecule has 0 aromatic rings. The fourth-order valence-electron chi connectivity index (χ4n) is 0.885. The highest BCUT2D eigenvalue weighted by molar-refractivity contribution is 5.89. The maximum Gasteiger partial charge on any atom is 0.0741 e. The minimum absolute atomic E-state index is 0.380. The number of rotatable bonds is 4. The maximum absolute atomic E-state index is 9.64. The number of nitrogens with zero attached hydrogens (tertiary/aromatic N) is 3. The van der Waals surface area contributed by atoms with Crippen LogP contribution in [0.5, 0.6) is 0 Å². The van der Waals surface area contributed by atoms with Crippen LogP contribution in [0.25, 0.3) is 0 Å². The number of hydrogen-bond donors (Lipinski definition) is 3. The van der Waals surface area contributed by atoms with Gasteiger partial charge < -0.3 is 15.6 Å². The number of oxime groups is 2. The molecule has 82 valence electrons. The quantitative estimate of drug-likeness (QED) is 0.363. The molecule has 6 heteroatoms. The lowest BCUT2D eigenvalue weighted by Crippen LogP contribution is -2.44. The fourth-order valence-corrected chi connectivity index (χ4v) is 0.885. The Hall–Kier alpha value is -1.14. The molecule has 0 aliphatic carbocycles. The van der Waals surface area contributed by atoms with Crippen molar-refractivity contribution in [1.29, 1.82) is 0 Å². The highest BCUT2D eigenvalue weighted by Crippen LogP contribution is 2.05. The summed E-state index contributed by atoms with van der Waals surface area (Å²) in [6, 6.07) is -0.876. The monoisotopic (exact) mass is 203 g/mol. The lowest BCUT2D eigenvalue weighted by Gasteiger charge is -2.27. The van der Waals surface area contributed by atoms with Gasteiger partial charge in [-0.3, -0.25) is 0 Å². The highest BCUT2D eigenvalue weighted by atomic mass is 16.5. The van der Waals surface area contributed by atoms with Crippen LogP contribution in [0.2, 0.25) is 0 Å². The van der Waals surface area contributed by atoms with Crippen LogP contribution < -0.4 is 0 Å². The molecule has 0 aromatic heterocycles. The molecule has 6 nitrogen and oxygen atoms in total. The molecule has 0 spiro atoms. The number of hydrogen-bond acceptors (Lipinski definition) is 6. The van der Waals surface area contributed by atoms with Gasteiger partial charge in [-0.2, -0.15) is 5.06 Å². The molecule has 0 amide bonds. The van der Waals surface area contributed by atoms with Crippen molar-refractivity contribution in [3.05, 3.63) is 0 Å². The van der Waals surface area contributed by atoms with Crippen LogP contribution in [0.4, 0.5) is 0 Å². The van der Waals surface area contributed by atoms with Crippen LogP contribution >= 0.6 is 0 Å². The Labute approximate surface area is 83.1 Å². The van der Waals surface area contributed by atoms with Crippen LogP contribution in [0.1, 0.15) is 27.7 Å². The third kappa shape index (κ3) is 2.97. The highest BCUT2D eigenvalue weighted by Gasteiger charge is 2.22. The van der Waals surface area contributed by atoms with E-state index in [-0.39, 0.29) is 0 Å². The van der Waals surface area contributed by atoms with Crippen molar-refractivity contribution in [3.63, 3.8) is 0 Å². The first-order chi connectivity index (χ1) is 6.45. The van der Waals surface area contributed by atoms with E-state index >= 15 is 0 Å². The van der Waals surface area contributed by atoms with Gasteiger partial charge in [-0.25, -0.2) is 0 Å². The second-order valence-electron chi connectivity index (χ2n) is 3.21. The van der Waals surface area contributed by atoms with Gasteiger partial charge in [0.15, 0.2) is 0 Å². The molecule has 2 atom stereocenters. The van der Waals surface area contributed by atoms with Gasteiger partial charge in [-0.1, -0.05) is 10.3 Å². The molecule has 0 unspecified atom stereocenters. The first-order valence-corrected chi connectivity index (χ1v) is 4.30. The maximum atomic E-state index is 9.64. The molecule has 14 heavy (non-hydrogen) atoms. The van der Waals surface area contributed by atoms with E-state index in [2.05, 4.69) is 10.3 Å². The molecule has 0 aliphatic rings. The Morgan fingerprint density at radius 1 is 1.00 bits per heavy atom. The summed E-state index contributed by atoms with van der Waals surface area (Å²) in [4.78, 5) is 0. The average Bonchev–Trinajstić information content (AvgIpc) is 2.23. The third-order valence-electron chi connectivity index (χ3n) is 2.32. The summed E-state index contributed by atoms with van der Waals surface area (Å²) in [5, 5.41) is 33.6. The third-order valence-corrected chi connectivity index (χ3v) is 2.32. The summed E-state index contributed by atoms with van der Waals surface area (Å²) in [6.45, 7) is 6.53. The lowest BCUT2D eigenvalue weighted by molar-refractivity contribution is -0.116. The van der Waals surface area contributed by atoms with Crippen molar-refractivity contribution in [1.82, 2.24) is 5.06 Å². The minimum Gasteiger partial charge on any atom is -0.411 e. The van der Waals surface area contributed by atoms with Crippen LogP contribution in [-0.2, 0) is 0 Å². The lowest BCUT2D eigenvalue weighted by atomic mass is 10.1. The molecular weight excluding hydrogens is 186 g/mol. The topological polar surface area (TPSA) is 88.7 Å². The van der Waals surface area contributed by atoms with E-state index in [1.54, 1.807) is 27.7 Å². The Morgan fingerprint density at radius 2 is 1.29 bits per heavy atom. The second-order valence-corrected chi connectivity index (χ2v) is 3.21. The molecule has 0 heterocycles. The van der Waals surface area contributed by atoms with Gasteiger partial charge in [-0.15, -0.1) is 0 Å². The molecule has 0 radical (unpaired) electrons. The molecule has 0 saturated heterocycles. The van der Waals surface area contributed by atoms with Gasteiger partial charge in [0.2, 0.25) is 0 Å². The second kappa shape index (κ2) is 5.56. The van der Waals surface area contributed by atoms with Crippen LogP contribution in [0.15, 0.2) is 10.3 Å². The van der Waals surface area contributed by atoms with Crippen LogP contribution in [0, 0.1) is 0 Å². The van der Waals surface area contributed by atoms with Crippen molar-refractivity contribution >= 4 is 11.4 Å². The largest absolute Gasteiger partial charge is 0.411 e. The molecule has 3 N–H and O–H groups in total. The molecule has 0 fully saturated rings. The van der Waals surface area contributed by atoms with Crippen molar-refractivity contribution in [2.75, 3.05) is 0 Å². The predicted molar refractivity (Wildman–Crippen MR) is 52.3 cm³/mol. The summed E-state index contributed by atoms with van der Waals surface area (Å²) >= 11 is 0. The Kier molecular flexibility index (Phi) is 5.11. The standard InChI is InChI=1S/C8H17N3O3/c1-5(9-12)7(3)11(14)8(4)6(2)10-13/h7-8,12-14H,1-4H3/t7-,8-/m1/s1. The van der Waals surface area contributed by atoms with E-state index in [9.17, 15) is 5.21 Å². The summed E-state index contributed by atoms with van der Waals surface area (Å²) in [5.74, 6) is 0. The van der Waals surface area contributed by atoms with E-state index in [0.29, 0.717) is 11.4 Å². The fraction of sp³-hybridized carbons (Fsp3) is 0.750. The normalized spacial score (nSPS) is 18.4. The summed E-state index contributed by atoms with van der Waals surface area (Å²) in [6.07, 6.45) is 0.